The van der Waals surface area contributed by atoms with Crippen LogP contribution < -0.4 is 15.2 Å². The summed E-state index contributed by atoms with van der Waals surface area (Å²) in [6, 6.07) is 6.48. The number of halogens is 5. The van der Waals surface area contributed by atoms with Crippen LogP contribution in [-0.2, 0) is 6.18 Å². The third-order valence-electron chi connectivity index (χ3n) is 4.05. The van der Waals surface area contributed by atoms with Crippen LogP contribution >= 0.6 is 0 Å². The zero-order valence-corrected chi connectivity index (χ0v) is 15.4. The van der Waals surface area contributed by atoms with Crippen molar-refractivity contribution < 1.29 is 36.2 Å². The zero-order valence-electron chi connectivity index (χ0n) is 15.4. The number of alkyl halides is 3. The van der Waals surface area contributed by atoms with Gasteiger partial charge in [-0.25, -0.2) is 8.78 Å². The largest absolute Gasteiger partial charge is 0.494 e. The zero-order chi connectivity index (χ0) is 21.4. The summed E-state index contributed by atoms with van der Waals surface area (Å²) in [5.74, 6) is -3.26. The Morgan fingerprint density at radius 2 is 1.45 bits per heavy atom. The lowest BCUT2D eigenvalue weighted by atomic mass is 10.1. The van der Waals surface area contributed by atoms with Gasteiger partial charge in [-0.05, 0) is 62.1 Å². The molecular formula is C20H20F5NO3. The number of rotatable bonds is 10. The van der Waals surface area contributed by atoms with Gasteiger partial charge in [-0.1, -0.05) is 0 Å². The molecule has 0 atom stereocenters. The molecule has 2 aromatic carbocycles. The van der Waals surface area contributed by atoms with Crippen molar-refractivity contribution in [3.05, 3.63) is 59.2 Å². The molecular weight excluding hydrogens is 397 g/mol. The molecule has 2 N–H and O–H groups in total. The van der Waals surface area contributed by atoms with E-state index in [0.717, 1.165) is 37.1 Å². The molecule has 4 nitrogen and oxygen atoms in total. The molecule has 0 aliphatic heterocycles. The first-order valence-corrected chi connectivity index (χ1v) is 8.91. The molecule has 0 unspecified atom stereocenters. The fourth-order valence-corrected chi connectivity index (χ4v) is 2.54. The fourth-order valence-electron chi connectivity index (χ4n) is 2.54. The van der Waals surface area contributed by atoms with Crippen molar-refractivity contribution in [2.75, 3.05) is 13.2 Å². The second-order valence-electron chi connectivity index (χ2n) is 6.23. The van der Waals surface area contributed by atoms with E-state index in [0.29, 0.717) is 25.2 Å². The molecule has 158 valence electrons. The SMILES string of the molecule is NC(=O)c1c(F)ccc(OCCCCCCOc2ccc(C(F)(F)F)cc2)c1F. The Labute approximate surface area is 164 Å². The monoisotopic (exact) mass is 417 g/mol. The average Bonchev–Trinajstić information content (AvgIpc) is 2.65. The van der Waals surface area contributed by atoms with Gasteiger partial charge in [0.25, 0.3) is 5.91 Å². The van der Waals surface area contributed by atoms with Crippen molar-refractivity contribution in [1.82, 2.24) is 0 Å². The van der Waals surface area contributed by atoms with Gasteiger partial charge in [0.05, 0.1) is 18.8 Å². The van der Waals surface area contributed by atoms with E-state index in [2.05, 4.69) is 0 Å². The van der Waals surface area contributed by atoms with Gasteiger partial charge in [-0.15, -0.1) is 0 Å². The Hall–Kier alpha value is -2.84. The van der Waals surface area contributed by atoms with Crippen LogP contribution in [0.2, 0.25) is 0 Å². The van der Waals surface area contributed by atoms with Crippen molar-refractivity contribution in [3.8, 4) is 11.5 Å². The van der Waals surface area contributed by atoms with Gasteiger partial charge in [0.2, 0.25) is 0 Å². The lowest BCUT2D eigenvalue weighted by molar-refractivity contribution is -0.137. The van der Waals surface area contributed by atoms with E-state index < -0.39 is 34.8 Å². The highest BCUT2D eigenvalue weighted by Crippen LogP contribution is 2.30. The summed E-state index contributed by atoms with van der Waals surface area (Å²) in [5, 5.41) is 0. The average molecular weight is 417 g/mol. The molecule has 0 radical (unpaired) electrons. The van der Waals surface area contributed by atoms with Crippen LogP contribution in [0.3, 0.4) is 0 Å². The molecule has 0 saturated carbocycles. The van der Waals surface area contributed by atoms with Crippen LogP contribution in [0.5, 0.6) is 11.5 Å². The topological polar surface area (TPSA) is 61.6 Å². The molecule has 0 spiro atoms. The van der Waals surface area contributed by atoms with Crippen molar-refractivity contribution in [3.63, 3.8) is 0 Å². The summed E-state index contributed by atoms with van der Waals surface area (Å²) in [6.07, 6.45) is -1.61. The minimum atomic E-state index is -4.38. The standard InChI is InChI=1S/C20H20F5NO3/c21-15-9-10-16(18(22)17(15)19(26)27)29-12-4-2-1-3-11-28-14-7-5-13(6-8-14)20(23,24)25/h5-10H,1-4,11-12H2,(H2,26,27). The highest BCUT2D eigenvalue weighted by Gasteiger charge is 2.30. The summed E-state index contributed by atoms with van der Waals surface area (Å²) < 4.78 is 75.4. The van der Waals surface area contributed by atoms with Crippen molar-refractivity contribution in [2.45, 2.75) is 31.9 Å². The predicted molar refractivity (Wildman–Crippen MR) is 95.8 cm³/mol. The van der Waals surface area contributed by atoms with Crippen molar-refractivity contribution >= 4 is 5.91 Å². The maximum Gasteiger partial charge on any atom is 0.416 e. The number of ether oxygens (including phenoxy) is 2. The number of amides is 1. The van der Waals surface area contributed by atoms with E-state index in [-0.39, 0.29) is 12.4 Å². The Balaban J connectivity index is 1.63. The normalized spacial score (nSPS) is 11.3. The molecule has 0 aliphatic rings. The molecule has 0 aliphatic carbocycles. The van der Waals surface area contributed by atoms with E-state index in [1.165, 1.54) is 12.1 Å². The van der Waals surface area contributed by atoms with E-state index >= 15 is 0 Å². The Morgan fingerprint density at radius 3 is 2.00 bits per heavy atom. The molecule has 0 aromatic heterocycles. The van der Waals surface area contributed by atoms with Crippen LogP contribution in [0, 0.1) is 11.6 Å². The number of nitrogens with two attached hydrogens (primary N) is 1. The van der Waals surface area contributed by atoms with Crippen LogP contribution in [-0.4, -0.2) is 19.1 Å². The maximum absolute atomic E-state index is 14.0. The van der Waals surface area contributed by atoms with Gasteiger partial charge < -0.3 is 15.2 Å². The molecule has 0 saturated heterocycles. The number of unbranched alkanes of at least 4 members (excludes halogenated alkanes) is 3. The summed E-state index contributed by atoms with van der Waals surface area (Å²) in [5.41, 5.74) is 3.38. The lowest BCUT2D eigenvalue weighted by Gasteiger charge is -2.10. The van der Waals surface area contributed by atoms with Gasteiger partial charge in [-0.2, -0.15) is 13.2 Å². The Morgan fingerprint density at radius 1 is 0.862 bits per heavy atom. The third kappa shape index (κ3) is 6.62. The smallest absolute Gasteiger partial charge is 0.416 e. The van der Waals surface area contributed by atoms with Gasteiger partial charge >= 0.3 is 6.18 Å². The molecule has 0 heterocycles. The van der Waals surface area contributed by atoms with E-state index in [1.807, 2.05) is 0 Å². The molecule has 9 heteroatoms. The summed E-state index contributed by atoms with van der Waals surface area (Å²) >= 11 is 0. The Kier molecular flexibility index (Phi) is 7.81. The number of benzene rings is 2. The molecule has 2 rings (SSSR count). The van der Waals surface area contributed by atoms with Gasteiger partial charge in [0.1, 0.15) is 17.1 Å². The predicted octanol–water partition coefficient (Wildman–Crippen LogP) is 5.10. The molecule has 0 fully saturated rings. The van der Waals surface area contributed by atoms with Crippen LogP contribution in [0.15, 0.2) is 36.4 Å². The second kappa shape index (κ2) is 10.1. The number of carbonyl (C=O) groups is 1. The molecule has 1 amide bonds. The Bertz CT molecular complexity index is 822. The highest BCUT2D eigenvalue weighted by molar-refractivity contribution is 5.93. The molecule has 2 aromatic rings. The van der Waals surface area contributed by atoms with Gasteiger partial charge in [0, 0.05) is 0 Å². The van der Waals surface area contributed by atoms with E-state index in [4.69, 9.17) is 15.2 Å². The van der Waals surface area contributed by atoms with Crippen molar-refractivity contribution in [1.29, 1.82) is 0 Å². The third-order valence-corrected chi connectivity index (χ3v) is 4.05. The van der Waals surface area contributed by atoms with E-state index in [1.54, 1.807) is 0 Å². The summed E-state index contributed by atoms with van der Waals surface area (Å²) in [7, 11) is 0. The number of hydrogen-bond donors (Lipinski definition) is 1. The van der Waals surface area contributed by atoms with E-state index in [9.17, 15) is 26.7 Å². The first-order valence-electron chi connectivity index (χ1n) is 8.91. The summed E-state index contributed by atoms with van der Waals surface area (Å²) in [6.45, 7) is 0.515. The van der Waals surface area contributed by atoms with Crippen molar-refractivity contribution in [2.24, 2.45) is 5.73 Å². The molecule has 29 heavy (non-hydrogen) atoms. The highest BCUT2D eigenvalue weighted by atomic mass is 19.4. The van der Waals surface area contributed by atoms with Crippen LogP contribution in [0.25, 0.3) is 0 Å². The maximum atomic E-state index is 14.0. The van der Waals surface area contributed by atoms with Crippen LogP contribution in [0.4, 0.5) is 22.0 Å². The molecule has 0 bridgehead atoms. The first kappa shape index (κ1) is 22.4. The minimum Gasteiger partial charge on any atom is -0.494 e. The number of carbonyl (C=O) groups excluding carboxylic acids is 1. The summed E-state index contributed by atoms with van der Waals surface area (Å²) in [4.78, 5) is 11.1. The number of hydrogen-bond acceptors (Lipinski definition) is 3. The van der Waals surface area contributed by atoms with Gasteiger partial charge in [0.15, 0.2) is 11.6 Å². The lowest BCUT2D eigenvalue weighted by Crippen LogP contribution is -2.16. The number of primary amides is 1. The van der Waals surface area contributed by atoms with Gasteiger partial charge in [-0.3, -0.25) is 4.79 Å². The minimum absolute atomic E-state index is 0.167. The second-order valence-corrected chi connectivity index (χ2v) is 6.23. The first-order chi connectivity index (χ1) is 13.7. The fraction of sp³-hybridized carbons (Fsp3) is 0.350. The van der Waals surface area contributed by atoms with Crippen LogP contribution in [0.1, 0.15) is 41.6 Å². The quantitative estimate of drug-likeness (QED) is 0.432.